The molecule has 37 heavy (non-hydrogen) atoms. The number of hydrogen-bond donors (Lipinski definition) is 3. The summed E-state index contributed by atoms with van der Waals surface area (Å²) in [6.07, 6.45) is 5.69. The average Bonchev–Trinajstić information content (AvgIpc) is 3.50. The largest absolute Gasteiger partial charge is 0.472 e. The summed E-state index contributed by atoms with van der Waals surface area (Å²) in [4.78, 5) is 35.0. The number of hydrogen-bond acceptors (Lipinski definition) is 8. The van der Waals surface area contributed by atoms with Crippen molar-refractivity contribution in [1.29, 1.82) is 0 Å². The number of aromatic nitrogens is 4. The number of carbonyl (C=O) groups is 1. The summed E-state index contributed by atoms with van der Waals surface area (Å²) in [7, 11) is -4.62. The van der Waals surface area contributed by atoms with Crippen molar-refractivity contribution in [3.63, 3.8) is 0 Å². The molecule has 0 atom stereocenters. The molecule has 1 aromatic carbocycles. The van der Waals surface area contributed by atoms with Crippen molar-refractivity contribution < 1.29 is 28.4 Å². The molecule has 14 heteroatoms. The molecule has 0 saturated carbocycles. The summed E-state index contributed by atoms with van der Waals surface area (Å²) in [6, 6.07) is 8.41. The molecule has 0 unspecified atom stereocenters. The highest BCUT2D eigenvalue weighted by Crippen LogP contribution is 2.36. The van der Waals surface area contributed by atoms with E-state index in [4.69, 9.17) is 31.1 Å². The molecule has 0 saturated heterocycles. The van der Waals surface area contributed by atoms with E-state index >= 15 is 0 Å². The molecule has 4 rings (SSSR count). The number of benzene rings is 1. The number of carbonyl (C=O) groups excluding carboxylic acids is 1. The summed E-state index contributed by atoms with van der Waals surface area (Å²) in [5.41, 5.74) is 2.25. The van der Waals surface area contributed by atoms with E-state index in [0.717, 1.165) is 25.7 Å². The highest BCUT2D eigenvalue weighted by Gasteiger charge is 2.19. The number of halogens is 1. The number of nitrogens with one attached hydrogen (secondary N) is 1. The monoisotopic (exact) mass is 565 g/mol. The third kappa shape index (κ3) is 7.13. The SMILES string of the molecule is CCCCCCn1nc(NC(=O)c2cnsc2)c2cc(Cl)c(-c3ccc(OCOP(=O)(O)O)cc3)nc21. The van der Waals surface area contributed by atoms with Crippen molar-refractivity contribution >= 4 is 53.7 Å². The minimum Gasteiger partial charge on any atom is -0.467 e. The van der Waals surface area contributed by atoms with Crippen LogP contribution in [0.5, 0.6) is 5.75 Å². The topological polar surface area (TPSA) is 149 Å². The number of nitrogens with zero attached hydrogens (tertiary/aromatic N) is 4. The molecular formula is C23H25ClN5O6PS. The second-order valence-corrected chi connectivity index (χ2v) is 10.4. The van der Waals surface area contributed by atoms with E-state index < -0.39 is 14.6 Å². The summed E-state index contributed by atoms with van der Waals surface area (Å²) >= 11 is 7.81. The molecule has 3 N–H and O–H groups in total. The second kappa shape index (κ2) is 12.1. The van der Waals surface area contributed by atoms with Crippen LogP contribution in [0.3, 0.4) is 0 Å². The Balaban J connectivity index is 1.62. The Morgan fingerprint density at radius 3 is 2.68 bits per heavy atom. The Hall–Kier alpha value is -2.86. The molecule has 0 fully saturated rings. The maximum atomic E-state index is 12.7. The number of rotatable bonds is 12. The van der Waals surface area contributed by atoms with Crippen molar-refractivity contribution in [3.8, 4) is 17.0 Å². The van der Waals surface area contributed by atoms with Gasteiger partial charge in [0.1, 0.15) is 5.75 Å². The Labute approximate surface area is 221 Å². The molecule has 3 heterocycles. The summed E-state index contributed by atoms with van der Waals surface area (Å²) in [6.45, 7) is 2.18. The fourth-order valence-corrected chi connectivity index (χ4v) is 4.55. The zero-order valence-corrected chi connectivity index (χ0v) is 22.3. The standard InChI is InChI=1S/C23H25ClN5O6PS/c1-2-3-4-5-10-29-22-18(21(28-29)27-23(30)16-12-25-37-13-16)11-19(24)20(26-22)15-6-8-17(9-7-15)34-14-35-36(31,32)33/h6-9,11-13H,2-5,10,14H2,1H3,(H,27,28,30)(H2,31,32,33). The van der Waals surface area contributed by atoms with Crippen LogP contribution in [-0.4, -0.2) is 41.6 Å². The van der Waals surface area contributed by atoms with E-state index in [9.17, 15) is 9.36 Å². The molecule has 3 aromatic heterocycles. The zero-order chi connectivity index (χ0) is 26.4. The number of amides is 1. The van der Waals surface area contributed by atoms with E-state index in [1.807, 2.05) is 0 Å². The van der Waals surface area contributed by atoms with Crippen molar-refractivity contribution in [3.05, 3.63) is 52.5 Å². The minimum atomic E-state index is -4.62. The van der Waals surface area contributed by atoms with Crippen LogP contribution in [0.15, 0.2) is 41.9 Å². The third-order valence-corrected chi connectivity index (χ3v) is 6.72. The van der Waals surface area contributed by atoms with Crippen LogP contribution in [0.4, 0.5) is 5.82 Å². The van der Waals surface area contributed by atoms with E-state index in [2.05, 4.69) is 26.2 Å². The third-order valence-electron chi connectivity index (χ3n) is 5.40. The maximum Gasteiger partial charge on any atom is 0.472 e. The van der Waals surface area contributed by atoms with Gasteiger partial charge in [-0.25, -0.2) is 23.1 Å². The Morgan fingerprint density at radius 2 is 2.00 bits per heavy atom. The maximum absolute atomic E-state index is 12.7. The number of fused-ring (bicyclic) bond motifs is 1. The fourth-order valence-electron chi connectivity index (χ4n) is 3.58. The van der Waals surface area contributed by atoms with Gasteiger partial charge in [0.25, 0.3) is 5.91 Å². The minimum absolute atomic E-state index is 0.315. The number of phosphoric acid groups is 1. The number of phosphoric ester groups is 1. The van der Waals surface area contributed by atoms with Crippen LogP contribution in [0.25, 0.3) is 22.3 Å². The van der Waals surface area contributed by atoms with Gasteiger partial charge in [0.15, 0.2) is 18.3 Å². The van der Waals surface area contributed by atoms with Crippen molar-refractivity contribution in [2.75, 3.05) is 12.1 Å². The first-order chi connectivity index (χ1) is 17.7. The molecular weight excluding hydrogens is 541 g/mol. The predicted octanol–water partition coefficient (Wildman–Crippen LogP) is 5.49. The molecule has 0 radical (unpaired) electrons. The predicted molar refractivity (Wildman–Crippen MR) is 141 cm³/mol. The first-order valence-electron chi connectivity index (χ1n) is 11.5. The van der Waals surface area contributed by atoms with Crippen molar-refractivity contribution in [2.24, 2.45) is 0 Å². The van der Waals surface area contributed by atoms with Crippen LogP contribution in [0.2, 0.25) is 5.02 Å². The lowest BCUT2D eigenvalue weighted by atomic mass is 10.1. The number of unbranched alkanes of at least 4 members (excludes halogenated alkanes) is 3. The van der Waals surface area contributed by atoms with E-state index in [1.54, 1.807) is 40.4 Å². The molecule has 11 nitrogen and oxygen atoms in total. The van der Waals surface area contributed by atoms with Gasteiger partial charge >= 0.3 is 7.82 Å². The molecule has 0 aliphatic carbocycles. The van der Waals surface area contributed by atoms with Gasteiger partial charge in [0, 0.05) is 17.5 Å². The zero-order valence-electron chi connectivity index (χ0n) is 19.8. The highest BCUT2D eigenvalue weighted by atomic mass is 35.5. The Bertz CT molecular complexity index is 1410. The van der Waals surface area contributed by atoms with Crippen LogP contribution in [0, 0.1) is 0 Å². The normalized spacial score (nSPS) is 11.7. The average molecular weight is 566 g/mol. The molecule has 1 amide bonds. The van der Waals surface area contributed by atoms with Gasteiger partial charge in [-0.1, -0.05) is 37.8 Å². The number of pyridine rings is 1. The summed E-state index contributed by atoms with van der Waals surface area (Å²) < 4.78 is 26.0. The molecule has 0 bridgehead atoms. The fraction of sp³-hybridized carbons (Fsp3) is 0.304. The van der Waals surface area contributed by atoms with Gasteiger partial charge < -0.3 is 19.8 Å². The first kappa shape index (κ1) is 27.2. The molecule has 196 valence electrons. The molecule has 0 spiro atoms. The van der Waals surface area contributed by atoms with Crippen molar-refractivity contribution in [1.82, 2.24) is 19.1 Å². The Kier molecular flexibility index (Phi) is 8.91. The number of aryl methyl sites for hydroxylation is 1. The lowest BCUT2D eigenvalue weighted by Crippen LogP contribution is -2.12. The lowest BCUT2D eigenvalue weighted by Gasteiger charge is -2.09. The highest BCUT2D eigenvalue weighted by molar-refractivity contribution is 7.46. The summed E-state index contributed by atoms with van der Waals surface area (Å²) in [5, 5.41) is 10.1. The smallest absolute Gasteiger partial charge is 0.467 e. The van der Waals surface area contributed by atoms with Crippen molar-refractivity contribution in [2.45, 2.75) is 39.2 Å². The quantitative estimate of drug-likeness (QED) is 0.115. The van der Waals surface area contributed by atoms with Gasteiger partial charge in [-0.15, -0.1) is 0 Å². The van der Waals surface area contributed by atoms with Gasteiger partial charge in [-0.3, -0.25) is 4.79 Å². The van der Waals surface area contributed by atoms with E-state index in [0.29, 0.717) is 51.0 Å². The Morgan fingerprint density at radius 1 is 1.22 bits per heavy atom. The van der Waals surface area contributed by atoms with Crippen LogP contribution in [-0.2, 0) is 15.6 Å². The van der Waals surface area contributed by atoms with Gasteiger partial charge in [0.2, 0.25) is 0 Å². The second-order valence-electron chi connectivity index (χ2n) is 8.10. The van der Waals surface area contributed by atoms with Crippen LogP contribution >= 0.6 is 31.0 Å². The van der Waals surface area contributed by atoms with Gasteiger partial charge in [0.05, 0.1) is 27.9 Å². The van der Waals surface area contributed by atoms with Crippen LogP contribution in [0.1, 0.15) is 43.0 Å². The molecule has 4 aromatic rings. The van der Waals surface area contributed by atoms with E-state index in [-0.39, 0.29) is 5.91 Å². The summed E-state index contributed by atoms with van der Waals surface area (Å²) in [5.74, 6) is 0.407. The van der Waals surface area contributed by atoms with Gasteiger partial charge in [-0.2, -0.15) is 5.10 Å². The molecule has 0 aliphatic rings. The lowest BCUT2D eigenvalue weighted by molar-refractivity contribution is 0.0829. The van der Waals surface area contributed by atoms with Gasteiger partial charge in [-0.05, 0) is 48.3 Å². The van der Waals surface area contributed by atoms with Crippen LogP contribution < -0.4 is 10.1 Å². The first-order valence-corrected chi connectivity index (χ1v) is 14.2. The number of anilines is 1. The molecule has 0 aliphatic heterocycles. The van der Waals surface area contributed by atoms with E-state index in [1.165, 1.54) is 17.7 Å². The number of ether oxygens (including phenoxy) is 1.